The Bertz CT molecular complexity index is 2830. The van der Waals surface area contributed by atoms with Gasteiger partial charge in [0, 0.05) is 0 Å². The highest BCUT2D eigenvalue weighted by atomic mass is 14.2. The van der Waals surface area contributed by atoms with Crippen molar-refractivity contribution in [1.82, 2.24) is 0 Å². The van der Waals surface area contributed by atoms with Crippen molar-refractivity contribution in [3.8, 4) is 33.4 Å². The van der Waals surface area contributed by atoms with E-state index in [0.29, 0.717) is 0 Å². The molecular formula is C48H30. The zero-order valence-electron chi connectivity index (χ0n) is 26.3. The molecule has 0 aliphatic rings. The lowest BCUT2D eigenvalue weighted by molar-refractivity contribution is 1.67. The van der Waals surface area contributed by atoms with E-state index in [1.807, 2.05) is 0 Å². The molecule has 0 nitrogen and oxygen atoms in total. The van der Waals surface area contributed by atoms with E-state index < -0.39 is 0 Å². The average Bonchev–Trinajstić information content (AvgIpc) is 3.16. The van der Waals surface area contributed by atoms with Crippen molar-refractivity contribution in [3.05, 3.63) is 182 Å². The van der Waals surface area contributed by atoms with Gasteiger partial charge in [-0.15, -0.1) is 0 Å². The quantitative estimate of drug-likeness (QED) is 0.139. The van der Waals surface area contributed by atoms with Crippen molar-refractivity contribution in [2.75, 3.05) is 0 Å². The average molecular weight is 607 g/mol. The summed E-state index contributed by atoms with van der Waals surface area (Å²) in [6, 6.07) is 67.2. The van der Waals surface area contributed by atoms with Crippen molar-refractivity contribution >= 4 is 64.6 Å². The van der Waals surface area contributed by atoms with Gasteiger partial charge in [-0.25, -0.2) is 0 Å². The molecule has 0 atom stereocenters. The second-order valence-electron chi connectivity index (χ2n) is 12.8. The Labute approximate surface area is 279 Å². The van der Waals surface area contributed by atoms with Gasteiger partial charge in [0.15, 0.2) is 0 Å². The molecule has 0 spiro atoms. The Morgan fingerprint density at radius 2 is 0.688 bits per heavy atom. The fourth-order valence-corrected chi connectivity index (χ4v) is 8.02. The maximum atomic E-state index is 2.44. The third-order valence-corrected chi connectivity index (χ3v) is 10.2. The molecule has 0 bridgehead atoms. The Hall–Kier alpha value is -6.24. The minimum atomic E-state index is 1.23. The normalized spacial score (nSPS) is 11.8. The van der Waals surface area contributed by atoms with Gasteiger partial charge in [-0.05, 0) is 116 Å². The zero-order valence-corrected chi connectivity index (χ0v) is 26.3. The summed E-state index contributed by atoms with van der Waals surface area (Å²) in [4.78, 5) is 0. The highest BCUT2D eigenvalue weighted by Gasteiger charge is 2.20. The molecule has 0 heteroatoms. The zero-order chi connectivity index (χ0) is 31.6. The fourth-order valence-electron chi connectivity index (χ4n) is 8.02. The molecule has 0 aromatic heterocycles. The molecule has 0 amide bonds. The van der Waals surface area contributed by atoms with Gasteiger partial charge < -0.3 is 0 Å². The lowest BCUT2D eigenvalue weighted by Crippen LogP contribution is -1.93. The Morgan fingerprint density at radius 1 is 0.208 bits per heavy atom. The van der Waals surface area contributed by atoms with Crippen molar-refractivity contribution < 1.29 is 0 Å². The molecule has 10 aromatic carbocycles. The minimum Gasteiger partial charge on any atom is -0.0616 e. The van der Waals surface area contributed by atoms with Gasteiger partial charge in [0.25, 0.3) is 0 Å². The number of fused-ring (bicyclic) bond motifs is 7. The first-order valence-electron chi connectivity index (χ1n) is 16.7. The molecule has 0 unspecified atom stereocenters. The number of hydrogen-bond acceptors (Lipinski definition) is 0. The minimum absolute atomic E-state index is 1.23. The topological polar surface area (TPSA) is 0 Å². The van der Waals surface area contributed by atoms with Crippen LogP contribution in [0.15, 0.2) is 182 Å². The summed E-state index contributed by atoms with van der Waals surface area (Å²) >= 11 is 0. The van der Waals surface area contributed by atoms with Gasteiger partial charge >= 0.3 is 0 Å². The van der Waals surface area contributed by atoms with Crippen LogP contribution in [0.4, 0.5) is 0 Å². The number of hydrogen-bond donors (Lipinski definition) is 0. The van der Waals surface area contributed by atoms with E-state index in [4.69, 9.17) is 0 Å². The molecule has 0 aliphatic heterocycles. The van der Waals surface area contributed by atoms with E-state index in [1.165, 1.54) is 98.0 Å². The van der Waals surface area contributed by atoms with E-state index in [1.54, 1.807) is 0 Å². The van der Waals surface area contributed by atoms with Crippen LogP contribution in [0.25, 0.3) is 98.0 Å². The van der Waals surface area contributed by atoms with E-state index >= 15 is 0 Å². The van der Waals surface area contributed by atoms with Crippen molar-refractivity contribution in [2.24, 2.45) is 0 Å². The Balaban J connectivity index is 1.30. The largest absolute Gasteiger partial charge is 0.0616 e. The van der Waals surface area contributed by atoms with E-state index in [-0.39, 0.29) is 0 Å². The number of rotatable bonds is 3. The predicted molar refractivity (Wildman–Crippen MR) is 208 cm³/mol. The van der Waals surface area contributed by atoms with Crippen molar-refractivity contribution in [3.63, 3.8) is 0 Å². The SMILES string of the molecule is c1ccc2cc(-c3ccc4c(c3)cc(-c3c5ccccc5c(-c5cccc6ccccc56)c5ccccc35)c3ccccc34)ccc2c1. The first kappa shape index (κ1) is 26.9. The Kier molecular flexibility index (Phi) is 5.98. The van der Waals surface area contributed by atoms with Gasteiger partial charge in [-0.3, -0.25) is 0 Å². The van der Waals surface area contributed by atoms with E-state index in [2.05, 4.69) is 182 Å². The van der Waals surface area contributed by atoms with Crippen LogP contribution in [-0.2, 0) is 0 Å². The van der Waals surface area contributed by atoms with Crippen LogP contribution in [0.3, 0.4) is 0 Å². The molecule has 222 valence electrons. The van der Waals surface area contributed by atoms with Gasteiger partial charge in [-0.1, -0.05) is 164 Å². The standard InChI is InChI=1S/C48H30/c1-2-14-33-28-34(25-24-31(33)12-1)35-26-27-38-36(29-35)30-46(40-18-6-5-17-39(38)40)48-44-21-9-7-19-42(44)47(43-20-8-10-22-45(43)48)41-23-11-15-32-13-3-4-16-37(32)41/h1-30H. The molecule has 0 aliphatic carbocycles. The van der Waals surface area contributed by atoms with E-state index in [9.17, 15) is 0 Å². The molecule has 10 aromatic rings. The molecule has 48 heavy (non-hydrogen) atoms. The summed E-state index contributed by atoms with van der Waals surface area (Å²) in [6.07, 6.45) is 0. The molecule has 0 fully saturated rings. The molecule has 0 heterocycles. The van der Waals surface area contributed by atoms with Crippen molar-refractivity contribution in [2.45, 2.75) is 0 Å². The highest BCUT2D eigenvalue weighted by molar-refractivity contribution is 6.27. The van der Waals surface area contributed by atoms with E-state index in [0.717, 1.165) is 0 Å². The van der Waals surface area contributed by atoms with Crippen LogP contribution in [0, 0.1) is 0 Å². The third-order valence-electron chi connectivity index (χ3n) is 10.2. The molecule has 10 rings (SSSR count). The first-order valence-corrected chi connectivity index (χ1v) is 16.7. The summed E-state index contributed by atoms with van der Waals surface area (Å²) in [5.41, 5.74) is 7.60. The molecule has 0 N–H and O–H groups in total. The Morgan fingerprint density at radius 3 is 1.38 bits per heavy atom. The number of benzene rings is 10. The fraction of sp³-hybridized carbons (Fsp3) is 0. The highest BCUT2D eigenvalue weighted by Crippen LogP contribution is 2.47. The van der Waals surface area contributed by atoms with Crippen LogP contribution in [0.5, 0.6) is 0 Å². The molecule has 0 radical (unpaired) electrons. The third kappa shape index (κ3) is 4.10. The van der Waals surface area contributed by atoms with Gasteiger partial charge in [0.05, 0.1) is 0 Å². The maximum absolute atomic E-state index is 2.44. The summed E-state index contributed by atoms with van der Waals surface area (Å²) in [5, 5.41) is 15.2. The molecule has 0 saturated heterocycles. The van der Waals surface area contributed by atoms with Crippen LogP contribution < -0.4 is 0 Å². The van der Waals surface area contributed by atoms with Crippen LogP contribution in [0.2, 0.25) is 0 Å². The smallest absolute Gasteiger partial charge is 0.00199 e. The summed E-state index contributed by atoms with van der Waals surface area (Å²) < 4.78 is 0. The lowest BCUT2D eigenvalue weighted by atomic mass is 9.83. The van der Waals surface area contributed by atoms with Gasteiger partial charge in [0.1, 0.15) is 0 Å². The second-order valence-corrected chi connectivity index (χ2v) is 12.8. The van der Waals surface area contributed by atoms with Crippen LogP contribution in [-0.4, -0.2) is 0 Å². The summed E-state index contributed by atoms with van der Waals surface area (Å²) in [5.74, 6) is 0. The predicted octanol–water partition coefficient (Wildman–Crippen LogP) is 13.6. The van der Waals surface area contributed by atoms with Crippen LogP contribution in [0.1, 0.15) is 0 Å². The van der Waals surface area contributed by atoms with Gasteiger partial charge in [-0.2, -0.15) is 0 Å². The molecular weight excluding hydrogens is 577 g/mol. The molecule has 0 saturated carbocycles. The van der Waals surface area contributed by atoms with Crippen LogP contribution >= 0.6 is 0 Å². The first-order chi connectivity index (χ1) is 23.8. The lowest BCUT2D eigenvalue weighted by Gasteiger charge is -2.20. The second kappa shape index (κ2) is 10.7. The monoisotopic (exact) mass is 606 g/mol. The van der Waals surface area contributed by atoms with Gasteiger partial charge in [0.2, 0.25) is 0 Å². The summed E-state index contributed by atoms with van der Waals surface area (Å²) in [7, 11) is 0. The maximum Gasteiger partial charge on any atom is -0.00199 e. The van der Waals surface area contributed by atoms with Crippen molar-refractivity contribution in [1.29, 1.82) is 0 Å². The summed E-state index contributed by atoms with van der Waals surface area (Å²) in [6.45, 7) is 0.